The number of halogens is 1. The van der Waals surface area contributed by atoms with Crippen LogP contribution >= 0.6 is 24.0 Å². The molecule has 0 heterocycles. The molecule has 114 valence electrons. The molecule has 1 saturated carbocycles. The van der Waals surface area contributed by atoms with E-state index in [4.69, 9.17) is 10.5 Å². The van der Waals surface area contributed by atoms with Crippen LogP contribution in [0.25, 0.3) is 0 Å². The fraction of sp³-hybridized carbons (Fsp3) is 0.929. The van der Waals surface area contributed by atoms with Crippen molar-refractivity contribution in [2.45, 2.75) is 51.9 Å². The van der Waals surface area contributed by atoms with E-state index in [1.807, 2.05) is 6.92 Å². The molecule has 0 spiro atoms. The molecule has 1 aliphatic carbocycles. The van der Waals surface area contributed by atoms with Crippen LogP contribution in [0.15, 0.2) is 4.99 Å². The first-order valence-electron chi connectivity index (χ1n) is 7.44. The molecule has 0 amide bonds. The second kappa shape index (κ2) is 13.0. The number of nitrogens with two attached hydrogens (primary N) is 1. The minimum atomic E-state index is 0. The quantitative estimate of drug-likeness (QED) is 0.293. The molecule has 0 aromatic rings. The van der Waals surface area contributed by atoms with E-state index in [1.165, 1.54) is 38.5 Å². The van der Waals surface area contributed by atoms with Crippen molar-refractivity contribution < 1.29 is 4.74 Å². The summed E-state index contributed by atoms with van der Waals surface area (Å²) in [7, 11) is 0. The number of hydrogen-bond acceptors (Lipinski definition) is 2. The molecule has 0 bridgehead atoms. The molecule has 1 fully saturated rings. The molecule has 4 nitrogen and oxygen atoms in total. The van der Waals surface area contributed by atoms with Crippen LogP contribution in [0.2, 0.25) is 0 Å². The van der Waals surface area contributed by atoms with E-state index in [9.17, 15) is 0 Å². The Hall–Kier alpha value is -0.0400. The highest BCUT2D eigenvalue weighted by molar-refractivity contribution is 14.0. The highest BCUT2D eigenvalue weighted by atomic mass is 127. The Morgan fingerprint density at radius 2 is 2.05 bits per heavy atom. The molecule has 0 unspecified atom stereocenters. The summed E-state index contributed by atoms with van der Waals surface area (Å²) >= 11 is 0. The van der Waals surface area contributed by atoms with Crippen molar-refractivity contribution in [2.75, 3.05) is 26.3 Å². The van der Waals surface area contributed by atoms with Crippen molar-refractivity contribution in [3.63, 3.8) is 0 Å². The highest BCUT2D eigenvalue weighted by Gasteiger charge is 2.12. The maximum absolute atomic E-state index is 5.80. The lowest BCUT2D eigenvalue weighted by atomic mass is 9.87. The van der Waals surface area contributed by atoms with Gasteiger partial charge in [-0.3, -0.25) is 4.99 Å². The van der Waals surface area contributed by atoms with Crippen LogP contribution in [-0.2, 0) is 4.74 Å². The zero-order chi connectivity index (χ0) is 13.1. The average molecular weight is 383 g/mol. The Morgan fingerprint density at radius 3 is 2.74 bits per heavy atom. The maximum Gasteiger partial charge on any atom is 0.188 e. The molecule has 0 saturated heterocycles. The monoisotopic (exact) mass is 383 g/mol. The van der Waals surface area contributed by atoms with Gasteiger partial charge in [0.1, 0.15) is 0 Å². The van der Waals surface area contributed by atoms with Crippen molar-refractivity contribution in [1.29, 1.82) is 0 Å². The predicted octanol–water partition coefficient (Wildman–Crippen LogP) is 2.91. The van der Waals surface area contributed by atoms with Crippen LogP contribution in [0.3, 0.4) is 0 Å². The van der Waals surface area contributed by atoms with Crippen molar-refractivity contribution in [2.24, 2.45) is 16.6 Å². The molecule has 3 N–H and O–H groups in total. The van der Waals surface area contributed by atoms with Crippen LogP contribution in [0.5, 0.6) is 0 Å². The number of nitrogens with zero attached hydrogens (tertiary/aromatic N) is 1. The summed E-state index contributed by atoms with van der Waals surface area (Å²) in [6.45, 7) is 5.27. The van der Waals surface area contributed by atoms with Gasteiger partial charge >= 0.3 is 0 Å². The zero-order valence-electron chi connectivity index (χ0n) is 12.2. The molecular weight excluding hydrogens is 353 g/mol. The Labute approximate surface area is 135 Å². The molecule has 0 aromatic heterocycles. The zero-order valence-corrected chi connectivity index (χ0v) is 14.5. The summed E-state index contributed by atoms with van der Waals surface area (Å²) in [5.41, 5.74) is 5.80. The molecule has 5 heteroatoms. The van der Waals surface area contributed by atoms with Gasteiger partial charge in [0, 0.05) is 26.3 Å². The first kappa shape index (κ1) is 19.0. The molecule has 0 radical (unpaired) electrons. The van der Waals surface area contributed by atoms with Crippen molar-refractivity contribution in [1.82, 2.24) is 5.32 Å². The number of rotatable bonds is 8. The van der Waals surface area contributed by atoms with Gasteiger partial charge in [-0.05, 0) is 25.7 Å². The lowest BCUT2D eigenvalue weighted by Gasteiger charge is -2.21. The third kappa shape index (κ3) is 10.4. The largest absolute Gasteiger partial charge is 0.382 e. The molecule has 0 atom stereocenters. The Balaban J connectivity index is 0.00000324. The van der Waals surface area contributed by atoms with Crippen molar-refractivity contribution >= 4 is 29.9 Å². The normalized spacial score (nSPS) is 17.0. The maximum atomic E-state index is 5.80. The van der Waals surface area contributed by atoms with Gasteiger partial charge in [-0.25, -0.2) is 0 Å². The van der Waals surface area contributed by atoms with Crippen LogP contribution in [0.4, 0.5) is 0 Å². The Kier molecular flexibility index (Phi) is 12.9. The number of nitrogens with one attached hydrogen (secondary N) is 1. The second-order valence-electron chi connectivity index (χ2n) is 5.04. The standard InChI is InChI=1S/C14H29N3O.HI/c1-2-18-12-6-10-16-14(15)17-11-9-13-7-4-3-5-8-13;/h13H,2-12H2,1H3,(H3,15,16,17);1H. The molecule has 0 aromatic carbocycles. The van der Waals surface area contributed by atoms with Crippen molar-refractivity contribution in [3.8, 4) is 0 Å². The number of aliphatic imine (C=N–C) groups is 1. The summed E-state index contributed by atoms with van der Waals surface area (Å²) in [4.78, 5) is 4.28. The summed E-state index contributed by atoms with van der Waals surface area (Å²) in [6.07, 6.45) is 9.21. The lowest BCUT2D eigenvalue weighted by Crippen LogP contribution is -2.33. The highest BCUT2D eigenvalue weighted by Crippen LogP contribution is 2.25. The lowest BCUT2D eigenvalue weighted by molar-refractivity contribution is 0.146. The van der Waals surface area contributed by atoms with E-state index < -0.39 is 0 Å². The topological polar surface area (TPSA) is 59.6 Å². The summed E-state index contributed by atoms with van der Waals surface area (Å²) in [5, 5.41) is 3.21. The predicted molar refractivity (Wildman–Crippen MR) is 92.2 cm³/mol. The van der Waals surface area contributed by atoms with E-state index >= 15 is 0 Å². The van der Waals surface area contributed by atoms with Gasteiger partial charge in [-0.2, -0.15) is 0 Å². The number of guanidine groups is 1. The van der Waals surface area contributed by atoms with Crippen LogP contribution in [0.1, 0.15) is 51.9 Å². The Bertz CT molecular complexity index is 231. The smallest absolute Gasteiger partial charge is 0.188 e. The Morgan fingerprint density at radius 1 is 1.32 bits per heavy atom. The van der Waals surface area contributed by atoms with Gasteiger partial charge in [-0.1, -0.05) is 32.1 Å². The molecule has 1 rings (SSSR count). The van der Waals surface area contributed by atoms with Gasteiger partial charge < -0.3 is 15.8 Å². The van der Waals surface area contributed by atoms with E-state index in [0.717, 1.165) is 38.6 Å². The van der Waals surface area contributed by atoms with Crippen LogP contribution < -0.4 is 11.1 Å². The van der Waals surface area contributed by atoms with E-state index in [-0.39, 0.29) is 24.0 Å². The summed E-state index contributed by atoms with van der Waals surface area (Å²) in [5.74, 6) is 1.49. The first-order chi connectivity index (χ1) is 8.83. The molecule has 1 aliphatic rings. The van der Waals surface area contributed by atoms with Gasteiger partial charge in [0.2, 0.25) is 0 Å². The minimum Gasteiger partial charge on any atom is -0.382 e. The molecule has 19 heavy (non-hydrogen) atoms. The van der Waals surface area contributed by atoms with E-state index in [0.29, 0.717) is 5.96 Å². The van der Waals surface area contributed by atoms with E-state index in [1.54, 1.807) is 0 Å². The molecule has 0 aliphatic heterocycles. The van der Waals surface area contributed by atoms with Gasteiger partial charge in [0.25, 0.3) is 0 Å². The van der Waals surface area contributed by atoms with Crippen LogP contribution in [-0.4, -0.2) is 32.3 Å². The third-order valence-corrected chi connectivity index (χ3v) is 3.52. The number of ether oxygens (including phenoxy) is 1. The van der Waals surface area contributed by atoms with E-state index in [2.05, 4.69) is 10.3 Å². The van der Waals surface area contributed by atoms with Gasteiger partial charge in [0.05, 0.1) is 0 Å². The molecular formula is C14H30IN3O. The second-order valence-corrected chi connectivity index (χ2v) is 5.04. The fourth-order valence-electron chi connectivity index (χ4n) is 2.45. The van der Waals surface area contributed by atoms with Crippen molar-refractivity contribution in [3.05, 3.63) is 0 Å². The summed E-state index contributed by atoms with van der Waals surface area (Å²) in [6, 6.07) is 0. The fourth-order valence-corrected chi connectivity index (χ4v) is 2.45. The van der Waals surface area contributed by atoms with Gasteiger partial charge in [0.15, 0.2) is 5.96 Å². The number of hydrogen-bond donors (Lipinski definition) is 2. The first-order valence-corrected chi connectivity index (χ1v) is 7.44. The SMILES string of the molecule is CCOCCCN=C(N)NCCC1CCCCC1.I. The average Bonchev–Trinajstić information content (AvgIpc) is 2.40. The third-order valence-electron chi connectivity index (χ3n) is 3.52. The van der Waals surface area contributed by atoms with Crippen LogP contribution in [0, 0.1) is 5.92 Å². The summed E-state index contributed by atoms with van der Waals surface area (Å²) < 4.78 is 5.25. The van der Waals surface area contributed by atoms with Gasteiger partial charge in [-0.15, -0.1) is 24.0 Å². The minimum absolute atomic E-state index is 0.